The molecule has 1 aromatic rings. The zero-order chi connectivity index (χ0) is 16.2. The zero-order valence-corrected chi connectivity index (χ0v) is 12.5. The highest BCUT2D eigenvalue weighted by atomic mass is 16.6. The highest BCUT2D eigenvalue weighted by molar-refractivity contribution is 5.98. The number of amides is 3. The maximum Gasteiger partial charge on any atom is 0.409 e. The van der Waals surface area contributed by atoms with E-state index < -0.39 is 0 Å². The van der Waals surface area contributed by atoms with Crippen molar-refractivity contribution in [2.75, 3.05) is 38.2 Å². The van der Waals surface area contributed by atoms with Crippen LogP contribution in [0.15, 0.2) is 18.2 Å². The van der Waals surface area contributed by atoms with Crippen molar-refractivity contribution >= 4 is 23.6 Å². The molecular formula is C15H17N3O5. The van der Waals surface area contributed by atoms with Gasteiger partial charge in [-0.15, -0.1) is 0 Å². The third-order valence-corrected chi connectivity index (χ3v) is 3.60. The number of anilines is 1. The third-order valence-electron chi connectivity index (χ3n) is 3.60. The number of cyclic esters (lactones) is 1. The lowest BCUT2D eigenvalue weighted by molar-refractivity contribution is -0.118. The van der Waals surface area contributed by atoms with Crippen LogP contribution in [-0.4, -0.2) is 55.7 Å². The number of benzene rings is 1. The molecule has 2 heterocycles. The van der Waals surface area contributed by atoms with Gasteiger partial charge in [0, 0.05) is 25.2 Å². The van der Waals surface area contributed by atoms with Gasteiger partial charge in [-0.2, -0.15) is 0 Å². The van der Waals surface area contributed by atoms with E-state index >= 15 is 0 Å². The molecular weight excluding hydrogens is 302 g/mol. The molecule has 3 rings (SSSR count). The predicted octanol–water partition coefficient (Wildman–Crippen LogP) is 0.590. The van der Waals surface area contributed by atoms with Crippen LogP contribution in [0.1, 0.15) is 16.8 Å². The van der Waals surface area contributed by atoms with Crippen molar-refractivity contribution in [1.82, 2.24) is 10.2 Å². The lowest BCUT2D eigenvalue weighted by Gasteiger charge is -2.26. The molecule has 0 saturated carbocycles. The van der Waals surface area contributed by atoms with E-state index in [-0.39, 0.29) is 24.5 Å². The van der Waals surface area contributed by atoms with Crippen molar-refractivity contribution in [1.29, 1.82) is 0 Å². The number of nitrogens with zero attached hydrogens (tertiary/aromatic N) is 1. The lowest BCUT2D eigenvalue weighted by Crippen LogP contribution is -2.42. The summed E-state index contributed by atoms with van der Waals surface area (Å²) < 4.78 is 10.2. The molecule has 1 aromatic carbocycles. The number of fused-ring (bicyclic) bond motifs is 1. The van der Waals surface area contributed by atoms with E-state index in [9.17, 15) is 14.4 Å². The van der Waals surface area contributed by atoms with Crippen LogP contribution in [0.5, 0.6) is 5.75 Å². The molecule has 1 fully saturated rings. The summed E-state index contributed by atoms with van der Waals surface area (Å²) in [6.07, 6.45) is 0.455. The Morgan fingerprint density at radius 1 is 1.30 bits per heavy atom. The molecule has 122 valence electrons. The van der Waals surface area contributed by atoms with Gasteiger partial charge in [-0.25, -0.2) is 4.79 Å². The molecule has 23 heavy (non-hydrogen) atoms. The van der Waals surface area contributed by atoms with Gasteiger partial charge >= 0.3 is 6.09 Å². The van der Waals surface area contributed by atoms with Crippen molar-refractivity contribution in [3.05, 3.63) is 23.8 Å². The Morgan fingerprint density at radius 3 is 3.00 bits per heavy atom. The number of hydrogen-bond donors (Lipinski definition) is 2. The Balaban J connectivity index is 1.54. The fourth-order valence-electron chi connectivity index (χ4n) is 2.42. The van der Waals surface area contributed by atoms with E-state index in [4.69, 9.17) is 9.47 Å². The molecule has 0 bridgehead atoms. The zero-order valence-electron chi connectivity index (χ0n) is 12.5. The van der Waals surface area contributed by atoms with E-state index in [1.54, 1.807) is 23.1 Å². The minimum absolute atomic E-state index is 0.0604. The summed E-state index contributed by atoms with van der Waals surface area (Å²) in [5.74, 6) is -0.0151. The first-order valence-electron chi connectivity index (χ1n) is 7.40. The van der Waals surface area contributed by atoms with Crippen molar-refractivity contribution in [2.45, 2.75) is 6.42 Å². The third kappa shape index (κ3) is 3.53. The normalized spacial score (nSPS) is 16.8. The molecule has 0 aromatic heterocycles. The van der Waals surface area contributed by atoms with Crippen LogP contribution in [0.2, 0.25) is 0 Å². The molecule has 0 radical (unpaired) electrons. The molecule has 2 N–H and O–H groups in total. The molecule has 8 heteroatoms. The Labute approximate surface area is 132 Å². The van der Waals surface area contributed by atoms with Gasteiger partial charge in [-0.3, -0.25) is 9.59 Å². The second kappa shape index (κ2) is 6.55. The van der Waals surface area contributed by atoms with Crippen LogP contribution in [0.4, 0.5) is 10.5 Å². The Kier molecular flexibility index (Phi) is 4.31. The first-order valence-corrected chi connectivity index (χ1v) is 7.40. The van der Waals surface area contributed by atoms with Gasteiger partial charge in [0.2, 0.25) is 0 Å². The number of ether oxygens (including phenoxy) is 2. The number of nitrogens with one attached hydrogen (secondary N) is 2. The summed E-state index contributed by atoms with van der Waals surface area (Å²) in [6, 6.07) is 4.82. The molecule has 2 aliphatic heterocycles. The number of carbonyl (C=O) groups is 3. The van der Waals surface area contributed by atoms with E-state index in [1.165, 1.54) is 0 Å². The van der Waals surface area contributed by atoms with Crippen LogP contribution in [0.3, 0.4) is 0 Å². The fourth-order valence-corrected chi connectivity index (χ4v) is 2.42. The maximum absolute atomic E-state index is 12.1. The highest BCUT2D eigenvalue weighted by Crippen LogP contribution is 2.28. The molecule has 2 aliphatic rings. The molecule has 1 saturated heterocycles. The lowest BCUT2D eigenvalue weighted by atomic mass is 10.1. The maximum atomic E-state index is 12.1. The minimum atomic E-state index is -0.344. The molecule has 0 unspecified atom stereocenters. The standard InChI is InChI=1S/C15H17N3O5/c19-13-9-23-12-8-10(2-3-11(12)17-13)14(20)16-4-6-18-5-1-7-22-15(18)21/h2-3,8H,1,4-7,9H2,(H,16,20)(H,17,19). The first-order chi connectivity index (χ1) is 11.1. The van der Waals surface area contributed by atoms with Crippen molar-refractivity contribution in [3.8, 4) is 5.75 Å². The summed E-state index contributed by atoms with van der Waals surface area (Å²) in [7, 11) is 0. The smallest absolute Gasteiger partial charge is 0.409 e. The van der Waals surface area contributed by atoms with Gasteiger partial charge in [-0.05, 0) is 24.6 Å². The van der Waals surface area contributed by atoms with Gasteiger partial charge in [-0.1, -0.05) is 0 Å². The fraction of sp³-hybridized carbons (Fsp3) is 0.400. The summed E-state index contributed by atoms with van der Waals surface area (Å²) in [5, 5.41) is 5.41. The molecule has 8 nitrogen and oxygen atoms in total. The molecule has 0 atom stereocenters. The Bertz CT molecular complexity index is 646. The first kappa shape index (κ1) is 15.1. The van der Waals surface area contributed by atoms with Gasteiger partial charge in [0.1, 0.15) is 5.75 Å². The highest BCUT2D eigenvalue weighted by Gasteiger charge is 2.20. The van der Waals surface area contributed by atoms with E-state index in [2.05, 4.69) is 10.6 Å². The predicted molar refractivity (Wildman–Crippen MR) is 80.4 cm³/mol. The Hall–Kier alpha value is -2.77. The van der Waals surface area contributed by atoms with Gasteiger partial charge in [0.05, 0.1) is 12.3 Å². The van der Waals surface area contributed by atoms with Crippen LogP contribution in [0, 0.1) is 0 Å². The monoisotopic (exact) mass is 319 g/mol. The topological polar surface area (TPSA) is 97.0 Å². The van der Waals surface area contributed by atoms with Crippen LogP contribution < -0.4 is 15.4 Å². The van der Waals surface area contributed by atoms with Gasteiger partial charge < -0.3 is 25.0 Å². The van der Waals surface area contributed by atoms with Crippen molar-refractivity contribution in [3.63, 3.8) is 0 Å². The number of rotatable bonds is 4. The van der Waals surface area contributed by atoms with E-state index in [0.29, 0.717) is 43.2 Å². The summed E-state index contributed by atoms with van der Waals surface area (Å²) in [4.78, 5) is 36.4. The average molecular weight is 319 g/mol. The van der Waals surface area contributed by atoms with Gasteiger partial charge in [0.15, 0.2) is 6.61 Å². The summed E-state index contributed by atoms with van der Waals surface area (Å²) in [6.45, 7) is 1.77. The molecule has 0 aliphatic carbocycles. The average Bonchev–Trinajstić information content (AvgIpc) is 2.56. The molecule has 3 amide bonds. The van der Waals surface area contributed by atoms with E-state index in [0.717, 1.165) is 6.42 Å². The Morgan fingerprint density at radius 2 is 2.17 bits per heavy atom. The minimum Gasteiger partial charge on any atom is -0.482 e. The van der Waals surface area contributed by atoms with Crippen molar-refractivity contribution < 1.29 is 23.9 Å². The largest absolute Gasteiger partial charge is 0.482 e. The molecule has 0 spiro atoms. The number of carbonyl (C=O) groups excluding carboxylic acids is 3. The quantitative estimate of drug-likeness (QED) is 0.846. The summed E-state index contributed by atoms with van der Waals surface area (Å²) >= 11 is 0. The van der Waals surface area contributed by atoms with Crippen molar-refractivity contribution in [2.24, 2.45) is 0 Å². The van der Waals surface area contributed by atoms with Crippen LogP contribution >= 0.6 is 0 Å². The van der Waals surface area contributed by atoms with Crippen LogP contribution in [-0.2, 0) is 9.53 Å². The SMILES string of the molecule is O=C1COc2cc(C(=O)NCCN3CCCOC3=O)ccc2N1. The van der Waals surface area contributed by atoms with Crippen LogP contribution in [0.25, 0.3) is 0 Å². The van der Waals surface area contributed by atoms with Gasteiger partial charge in [0.25, 0.3) is 11.8 Å². The summed E-state index contributed by atoms with van der Waals surface area (Å²) in [5.41, 5.74) is 0.981. The second-order valence-electron chi connectivity index (χ2n) is 5.26. The van der Waals surface area contributed by atoms with E-state index in [1.807, 2.05) is 0 Å². The second-order valence-corrected chi connectivity index (χ2v) is 5.26. The number of hydrogen-bond acceptors (Lipinski definition) is 5.